The van der Waals surface area contributed by atoms with Gasteiger partial charge in [0, 0.05) is 18.2 Å². The first-order valence-electron chi connectivity index (χ1n) is 6.42. The topological polar surface area (TPSA) is 78.0 Å². The average Bonchev–Trinajstić information content (AvgIpc) is 2.84. The number of carbonyl (C=O) groups excluding carboxylic acids is 2. The van der Waals surface area contributed by atoms with Crippen LogP contribution in [0.15, 0.2) is 42.5 Å². The van der Waals surface area contributed by atoms with Crippen molar-refractivity contribution in [3.8, 4) is 11.4 Å². The van der Waals surface area contributed by atoms with Gasteiger partial charge in [-0.3, -0.25) is 9.59 Å². The van der Waals surface area contributed by atoms with E-state index in [0.717, 1.165) is 23.2 Å². The van der Waals surface area contributed by atoms with Crippen LogP contribution in [0.25, 0.3) is 22.4 Å². The van der Waals surface area contributed by atoms with E-state index in [1.54, 1.807) is 24.3 Å². The van der Waals surface area contributed by atoms with Crippen LogP contribution >= 0.6 is 0 Å². The van der Waals surface area contributed by atoms with Gasteiger partial charge in [0.15, 0.2) is 0 Å². The van der Waals surface area contributed by atoms with Gasteiger partial charge in [0.1, 0.15) is 17.6 Å². The van der Waals surface area contributed by atoms with Crippen LogP contribution in [-0.2, 0) is 7.05 Å². The molecule has 104 valence electrons. The highest BCUT2D eigenvalue weighted by Crippen LogP contribution is 2.25. The van der Waals surface area contributed by atoms with Crippen LogP contribution in [0.1, 0.15) is 20.7 Å². The summed E-state index contributed by atoms with van der Waals surface area (Å²) in [5.74, 6) is 0.220. The Labute approximate surface area is 121 Å². The van der Waals surface area contributed by atoms with Crippen LogP contribution in [0.2, 0.25) is 0 Å². The SMILES string of the molecule is Cn1c(-c2ccc(C=O)cc2)nc2c(C(N)=O)cccc21. The lowest BCUT2D eigenvalue weighted by molar-refractivity contribution is 0.100. The van der Waals surface area contributed by atoms with Crippen LogP contribution in [0.5, 0.6) is 0 Å². The number of nitrogens with two attached hydrogens (primary N) is 1. The lowest BCUT2D eigenvalue weighted by Crippen LogP contribution is -2.11. The van der Waals surface area contributed by atoms with E-state index in [1.165, 1.54) is 0 Å². The number of hydrogen-bond donors (Lipinski definition) is 1. The molecule has 0 atom stereocenters. The highest BCUT2D eigenvalue weighted by atomic mass is 16.1. The van der Waals surface area contributed by atoms with E-state index < -0.39 is 5.91 Å². The second kappa shape index (κ2) is 4.86. The van der Waals surface area contributed by atoms with Crippen molar-refractivity contribution in [3.63, 3.8) is 0 Å². The molecule has 3 aromatic rings. The predicted octanol–water partition coefficient (Wildman–Crippen LogP) is 2.15. The fraction of sp³-hybridized carbons (Fsp3) is 0.0625. The van der Waals surface area contributed by atoms with Crippen LogP contribution in [-0.4, -0.2) is 21.7 Å². The number of aryl methyl sites for hydroxylation is 1. The van der Waals surface area contributed by atoms with Crippen LogP contribution in [0.3, 0.4) is 0 Å². The van der Waals surface area contributed by atoms with Gasteiger partial charge < -0.3 is 10.3 Å². The maximum absolute atomic E-state index is 11.5. The first kappa shape index (κ1) is 13.1. The van der Waals surface area contributed by atoms with E-state index >= 15 is 0 Å². The fourth-order valence-corrected chi connectivity index (χ4v) is 2.38. The normalized spacial score (nSPS) is 10.7. The molecule has 2 aromatic carbocycles. The summed E-state index contributed by atoms with van der Waals surface area (Å²) in [6, 6.07) is 12.5. The number of fused-ring (bicyclic) bond motifs is 1. The van der Waals surface area contributed by atoms with Crippen molar-refractivity contribution < 1.29 is 9.59 Å². The number of aldehydes is 1. The molecule has 3 rings (SSSR count). The first-order chi connectivity index (χ1) is 10.1. The maximum Gasteiger partial charge on any atom is 0.250 e. The number of primary amides is 1. The van der Waals surface area contributed by atoms with Crippen molar-refractivity contribution in [1.29, 1.82) is 0 Å². The average molecular weight is 279 g/mol. The second-order valence-electron chi connectivity index (χ2n) is 4.77. The predicted molar refractivity (Wildman–Crippen MR) is 80.1 cm³/mol. The van der Waals surface area contributed by atoms with E-state index in [1.807, 2.05) is 29.8 Å². The van der Waals surface area contributed by atoms with Crippen molar-refractivity contribution in [2.45, 2.75) is 0 Å². The van der Waals surface area contributed by atoms with E-state index in [4.69, 9.17) is 5.73 Å². The van der Waals surface area contributed by atoms with Gasteiger partial charge in [-0.05, 0) is 12.1 Å². The summed E-state index contributed by atoms with van der Waals surface area (Å²) in [4.78, 5) is 26.7. The Kier molecular flexibility index (Phi) is 3.02. The standard InChI is InChI=1S/C16H13N3O2/c1-19-13-4-2-3-12(15(17)21)14(13)18-16(19)11-7-5-10(9-20)6-8-11/h2-9H,1H3,(H2,17,21). The van der Waals surface area contributed by atoms with Gasteiger partial charge in [-0.15, -0.1) is 0 Å². The minimum atomic E-state index is -0.499. The first-order valence-corrected chi connectivity index (χ1v) is 6.42. The molecule has 0 aliphatic rings. The van der Waals surface area contributed by atoms with Gasteiger partial charge in [-0.1, -0.05) is 30.3 Å². The maximum atomic E-state index is 11.5. The Morgan fingerprint density at radius 2 is 1.90 bits per heavy atom. The van der Waals surface area contributed by atoms with E-state index in [0.29, 0.717) is 16.6 Å². The summed E-state index contributed by atoms with van der Waals surface area (Å²) in [5, 5.41) is 0. The Hall–Kier alpha value is -2.95. The fourth-order valence-electron chi connectivity index (χ4n) is 2.38. The van der Waals surface area contributed by atoms with Crippen LogP contribution < -0.4 is 5.73 Å². The molecule has 0 fully saturated rings. The summed E-state index contributed by atoms with van der Waals surface area (Å²) in [6.07, 6.45) is 0.796. The molecule has 0 aliphatic heterocycles. The Bertz CT molecular complexity index is 848. The number of carbonyl (C=O) groups is 2. The summed E-state index contributed by atoms with van der Waals surface area (Å²) >= 11 is 0. The minimum absolute atomic E-state index is 0.402. The molecular weight excluding hydrogens is 266 g/mol. The molecule has 0 bridgehead atoms. The van der Waals surface area contributed by atoms with Gasteiger partial charge in [-0.25, -0.2) is 4.98 Å². The summed E-state index contributed by atoms with van der Waals surface area (Å²) in [5.41, 5.74) is 8.69. The van der Waals surface area contributed by atoms with Gasteiger partial charge in [0.25, 0.3) is 5.91 Å². The number of hydrogen-bond acceptors (Lipinski definition) is 3. The Morgan fingerprint density at radius 1 is 1.19 bits per heavy atom. The molecule has 1 amide bonds. The Morgan fingerprint density at radius 3 is 2.52 bits per heavy atom. The van der Waals surface area contributed by atoms with Crippen molar-refractivity contribution in [3.05, 3.63) is 53.6 Å². The zero-order valence-electron chi connectivity index (χ0n) is 11.4. The third-order valence-electron chi connectivity index (χ3n) is 3.48. The summed E-state index contributed by atoms with van der Waals surface area (Å²) in [6.45, 7) is 0. The second-order valence-corrected chi connectivity index (χ2v) is 4.77. The van der Waals surface area contributed by atoms with E-state index in [9.17, 15) is 9.59 Å². The van der Waals surface area contributed by atoms with Gasteiger partial charge in [0.2, 0.25) is 0 Å². The molecule has 0 aliphatic carbocycles. The minimum Gasteiger partial charge on any atom is -0.366 e. The number of para-hydroxylation sites is 1. The molecule has 2 N–H and O–H groups in total. The Balaban J connectivity index is 2.23. The zero-order valence-corrected chi connectivity index (χ0v) is 11.4. The monoisotopic (exact) mass is 279 g/mol. The van der Waals surface area contributed by atoms with Gasteiger partial charge >= 0.3 is 0 Å². The van der Waals surface area contributed by atoms with Crippen molar-refractivity contribution in [2.75, 3.05) is 0 Å². The van der Waals surface area contributed by atoms with E-state index in [-0.39, 0.29) is 0 Å². The summed E-state index contributed by atoms with van der Waals surface area (Å²) in [7, 11) is 1.88. The van der Waals surface area contributed by atoms with Crippen molar-refractivity contribution in [2.24, 2.45) is 12.8 Å². The molecule has 1 heterocycles. The number of aromatic nitrogens is 2. The number of amides is 1. The third-order valence-corrected chi connectivity index (χ3v) is 3.48. The molecule has 5 nitrogen and oxygen atoms in total. The van der Waals surface area contributed by atoms with Crippen LogP contribution in [0.4, 0.5) is 0 Å². The number of imidazole rings is 1. The zero-order chi connectivity index (χ0) is 15.0. The van der Waals surface area contributed by atoms with Gasteiger partial charge in [0.05, 0.1) is 11.1 Å². The molecule has 5 heteroatoms. The quantitative estimate of drug-likeness (QED) is 0.746. The molecule has 0 saturated carbocycles. The molecule has 21 heavy (non-hydrogen) atoms. The smallest absolute Gasteiger partial charge is 0.250 e. The molecule has 0 spiro atoms. The lowest BCUT2D eigenvalue weighted by atomic mass is 10.1. The number of rotatable bonds is 3. The largest absolute Gasteiger partial charge is 0.366 e. The highest BCUT2D eigenvalue weighted by molar-refractivity contribution is 6.04. The molecule has 0 radical (unpaired) electrons. The molecule has 0 unspecified atom stereocenters. The third kappa shape index (κ3) is 2.08. The molecule has 0 saturated heterocycles. The summed E-state index contributed by atoms with van der Waals surface area (Å²) < 4.78 is 1.90. The molecule has 1 aromatic heterocycles. The van der Waals surface area contributed by atoms with Crippen molar-refractivity contribution in [1.82, 2.24) is 9.55 Å². The lowest BCUT2D eigenvalue weighted by Gasteiger charge is -2.02. The van der Waals surface area contributed by atoms with Crippen molar-refractivity contribution >= 4 is 23.2 Å². The number of benzene rings is 2. The van der Waals surface area contributed by atoms with E-state index in [2.05, 4.69) is 4.98 Å². The number of nitrogens with zero attached hydrogens (tertiary/aromatic N) is 2. The van der Waals surface area contributed by atoms with Gasteiger partial charge in [-0.2, -0.15) is 0 Å². The molecular formula is C16H13N3O2. The highest BCUT2D eigenvalue weighted by Gasteiger charge is 2.14. The van der Waals surface area contributed by atoms with Crippen LogP contribution in [0, 0.1) is 0 Å².